The first-order chi connectivity index (χ1) is 12.3. The maximum atomic E-state index is 7.15. The largest absolute Gasteiger partial charge is 0.492 e. The van der Waals surface area contributed by atoms with E-state index in [2.05, 4.69) is 46.6 Å². The van der Waals surface area contributed by atoms with Gasteiger partial charge in [-0.2, -0.15) is 0 Å². The molecule has 0 aliphatic rings. The molecule has 0 radical (unpaired) electrons. The lowest BCUT2D eigenvalue weighted by Crippen LogP contribution is -2.11. The third-order valence-corrected chi connectivity index (χ3v) is 3.89. The van der Waals surface area contributed by atoms with Gasteiger partial charge in [0.25, 0.3) is 0 Å². The summed E-state index contributed by atoms with van der Waals surface area (Å²) in [6.45, 7) is 8.35. The highest BCUT2D eigenvalue weighted by molar-refractivity contribution is 5.69. The summed E-state index contributed by atoms with van der Waals surface area (Å²) in [4.78, 5) is 3.50. The Balaban J connectivity index is 1.47. The van der Waals surface area contributed by atoms with Gasteiger partial charge in [0.15, 0.2) is 0 Å². The van der Waals surface area contributed by atoms with Crippen LogP contribution in [-0.4, -0.2) is 13.2 Å². The van der Waals surface area contributed by atoms with E-state index in [1.807, 2.05) is 42.5 Å². The number of rotatable bonds is 7. The molecule has 3 aromatic rings. The topological polar surface area (TPSA) is 25.6 Å². The number of nitrogens with zero attached hydrogens (tertiary/aromatic N) is 1. The molecule has 0 unspecified atom stereocenters. The Labute approximate surface area is 148 Å². The van der Waals surface area contributed by atoms with Crippen molar-refractivity contribution < 1.29 is 4.74 Å². The predicted molar refractivity (Wildman–Crippen MR) is 102 cm³/mol. The van der Waals surface area contributed by atoms with Crippen LogP contribution in [0.4, 0.5) is 11.4 Å². The molecule has 0 aliphatic heterocycles. The fourth-order valence-corrected chi connectivity index (χ4v) is 2.61. The van der Waals surface area contributed by atoms with E-state index in [9.17, 15) is 0 Å². The van der Waals surface area contributed by atoms with Gasteiger partial charge in [-0.3, -0.25) is 0 Å². The average molecular weight is 328 g/mol. The van der Waals surface area contributed by atoms with Gasteiger partial charge in [-0.1, -0.05) is 66.7 Å². The first kappa shape index (κ1) is 16.6. The summed E-state index contributed by atoms with van der Waals surface area (Å²) in [5.41, 5.74) is 4.05. The lowest BCUT2D eigenvalue weighted by Gasteiger charge is -2.10. The second-order valence-corrected chi connectivity index (χ2v) is 5.71. The molecule has 0 aromatic heterocycles. The fraction of sp³-hybridized carbons (Fsp3) is 0.136. The summed E-state index contributed by atoms with van der Waals surface area (Å²) >= 11 is 0. The van der Waals surface area contributed by atoms with E-state index in [1.54, 1.807) is 0 Å². The molecule has 0 saturated heterocycles. The standard InChI is InChI=1S/C22H20N2O/c1-23-21-9-5-6-10-22(21)24-15-16-25-20-13-11-19(12-14-20)17-18-7-3-2-4-8-18/h2-14,24H,15-17H2. The van der Waals surface area contributed by atoms with Crippen LogP contribution in [0.5, 0.6) is 5.75 Å². The molecule has 3 nitrogen and oxygen atoms in total. The smallest absolute Gasteiger partial charge is 0.209 e. The van der Waals surface area contributed by atoms with E-state index < -0.39 is 0 Å². The minimum Gasteiger partial charge on any atom is -0.492 e. The fourth-order valence-electron chi connectivity index (χ4n) is 2.61. The Morgan fingerprint density at radius 3 is 2.24 bits per heavy atom. The highest BCUT2D eigenvalue weighted by Crippen LogP contribution is 2.23. The molecule has 0 aliphatic carbocycles. The molecule has 1 N–H and O–H groups in total. The quantitative estimate of drug-likeness (QED) is 0.469. The van der Waals surface area contributed by atoms with E-state index in [0.717, 1.165) is 17.9 Å². The lowest BCUT2D eigenvalue weighted by molar-refractivity contribution is 0.333. The zero-order valence-electron chi connectivity index (χ0n) is 14.0. The summed E-state index contributed by atoms with van der Waals surface area (Å²) in [5, 5.41) is 3.24. The van der Waals surface area contributed by atoms with Crippen LogP contribution in [-0.2, 0) is 6.42 Å². The molecule has 25 heavy (non-hydrogen) atoms. The molecule has 124 valence electrons. The van der Waals surface area contributed by atoms with Crippen LogP contribution in [0, 0.1) is 6.57 Å². The molecular weight excluding hydrogens is 308 g/mol. The van der Waals surface area contributed by atoms with Crippen LogP contribution in [0.3, 0.4) is 0 Å². The van der Waals surface area contributed by atoms with Crippen LogP contribution >= 0.6 is 0 Å². The Morgan fingerprint density at radius 2 is 1.48 bits per heavy atom. The van der Waals surface area contributed by atoms with Crippen molar-refractivity contribution in [3.63, 3.8) is 0 Å². The van der Waals surface area contributed by atoms with Gasteiger partial charge in [-0.25, -0.2) is 4.85 Å². The van der Waals surface area contributed by atoms with Crippen LogP contribution in [0.2, 0.25) is 0 Å². The first-order valence-corrected chi connectivity index (χ1v) is 8.31. The maximum absolute atomic E-state index is 7.15. The van der Waals surface area contributed by atoms with Crippen molar-refractivity contribution in [3.05, 3.63) is 101 Å². The van der Waals surface area contributed by atoms with Crippen LogP contribution in [0.25, 0.3) is 4.85 Å². The van der Waals surface area contributed by atoms with Gasteiger partial charge in [0, 0.05) is 12.2 Å². The third-order valence-electron chi connectivity index (χ3n) is 3.89. The monoisotopic (exact) mass is 328 g/mol. The van der Waals surface area contributed by atoms with Crippen molar-refractivity contribution in [1.82, 2.24) is 0 Å². The molecule has 0 atom stereocenters. The zero-order valence-corrected chi connectivity index (χ0v) is 14.0. The summed E-state index contributed by atoms with van der Waals surface area (Å²) < 4.78 is 5.77. The van der Waals surface area contributed by atoms with E-state index in [0.29, 0.717) is 18.8 Å². The van der Waals surface area contributed by atoms with Gasteiger partial charge in [0.1, 0.15) is 12.4 Å². The summed E-state index contributed by atoms with van der Waals surface area (Å²) in [6.07, 6.45) is 0.927. The number of anilines is 1. The highest BCUT2D eigenvalue weighted by Gasteiger charge is 2.00. The SMILES string of the molecule is [C-]#[N+]c1ccccc1NCCOc1ccc(Cc2ccccc2)cc1. The Bertz CT molecular complexity index is 836. The van der Waals surface area contributed by atoms with Crippen molar-refractivity contribution in [3.8, 4) is 5.75 Å². The number of benzene rings is 3. The molecule has 3 rings (SSSR count). The van der Waals surface area contributed by atoms with E-state index in [1.165, 1.54) is 11.1 Å². The van der Waals surface area contributed by atoms with Crippen molar-refractivity contribution >= 4 is 11.4 Å². The van der Waals surface area contributed by atoms with Crippen molar-refractivity contribution in [2.24, 2.45) is 0 Å². The van der Waals surface area contributed by atoms with Gasteiger partial charge >= 0.3 is 0 Å². The van der Waals surface area contributed by atoms with Gasteiger partial charge in [0.2, 0.25) is 5.69 Å². The number of hydrogen-bond donors (Lipinski definition) is 1. The van der Waals surface area contributed by atoms with Crippen molar-refractivity contribution in [2.75, 3.05) is 18.5 Å². The number of para-hydroxylation sites is 2. The second-order valence-electron chi connectivity index (χ2n) is 5.71. The third kappa shape index (κ3) is 4.86. The van der Waals surface area contributed by atoms with E-state index in [4.69, 9.17) is 11.3 Å². The van der Waals surface area contributed by atoms with E-state index >= 15 is 0 Å². The maximum Gasteiger partial charge on any atom is 0.209 e. The molecule has 0 amide bonds. The summed E-state index contributed by atoms with van der Waals surface area (Å²) in [7, 11) is 0. The average Bonchev–Trinajstić information content (AvgIpc) is 2.67. The Morgan fingerprint density at radius 1 is 0.800 bits per heavy atom. The first-order valence-electron chi connectivity index (χ1n) is 8.31. The normalized spacial score (nSPS) is 10.0. The van der Waals surface area contributed by atoms with Gasteiger partial charge in [0.05, 0.1) is 6.57 Å². The highest BCUT2D eigenvalue weighted by atomic mass is 16.5. The summed E-state index contributed by atoms with van der Waals surface area (Å²) in [6, 6.07) is 26.1. The molecular formula is C22H20N2O. The molecule has 0 fully saturated rings. The number of hydrogen-bond acceptors (Lipinski definition) is 2. The number of nitrogens with one attached hydrogen (secondary N) is 1. The van der Waals surface area contributed by atoms with Gasteiger partial charge in [-0.15, -0.1) is 0 Å². The minimum atomic E-state index is 0.546. The van der Waals surface area contributed by atoms with Gasteiger partial charge < -0.3 is 10.1 Å². The van der Waals surface area contributed by atoms with Crippen molar-refractivity contribution in [2.45, 2.75) is 6.42 Å². The molecule has 0 bridgehead atoms. The second kappa shape index (κ2) is 8.56. The molecule has 0 spiro atoms. The van der Waals surface area contributed by atoms with Crippen LogP contribution < -0.4 is 10.1 Å². The molecule has 0 heterocycles. The van der Waals surface area contributed by atoms with Crippen molar-refractivity contribution in [1.29, 1.82) is 0 Å². The van der Waals surface area contributed by atoms with E-state index in [-0.39, 0.29) is 0 Å². The predicted octanol–water partition coefficient (Wildman–Crippen LogP) is 5.32. The Kier molecular flexibility index (Phi) is 5.68. The number of ether oxygens (including phenoxy) is 1. The minimum absolute atomic E-state index is 0.546. The summed E-state index contributed by atoms with van der Waals surface area (Å²) in [5.74, 6) is 0.858. The van der Waals surface area contributed by atoms with Crippen LogP contribution in [0.1, 0.15) is 11.1 Å². The zero-order chi connectivity index (χ0) is 17.3. The molecule has 3 aromatic carbocycles. The Hall–Kier alpha value is -3.25. The molecule has 0 saturated carbocycles. The lowest BCUT2D eigenvalue weighted by atomic mass is 10.1. The van der Waals surface area contributed by atoms with Gasteiger partial charge in [-0.05, 0) is 29.7 Å². The molecule has 3 heteroatoms. The van der Waals surface area contributed by atoms with Crippen LogP contribution in [0.15, 0.2) is 78.9 Å².